The van der Waals surface area contributed by atoms with Crippen LogP contribution in [0, 0.1) is 0 Å². The molecule has 0 spiro atoms. The zero-order valence-corrected chi connectivity index (χ0v) is 11.2. The highest BCUT2D eigenvalue weighted by atomic mass is 16.5. The Hall–Kier alpha value is -1.55. The number of para-hydroxylation sites is 1. The van der Waals surface area contributed by atoms with E-state index in [4.69, 9.17) is 4.74 Å². The molecule has 100 valence electrons. The summed E-state index contributed by atoms with van der Waals surface area (Å²) in [6, 6.07) is 8.12. The first-order chi connectivity index (χ1) is 8.69. The van der Waals surface area contributed by atoms with Crippen LogP contribution in [0.25, 0.3) is 0 Å². The number of nitrogens with one attached hydrogen (secondary N) is 1. The van der Waals surface area contributed by atoms with Crippen molar-refractivity contribution in [3.8, 4) is 5.75 Å². The van der Waals surface area contributed by atoms with Crippen LogP contribution in [0.4, 0.5) is 0 Å². The molecule has 4 nitrogen and oxygen atoms in total. The van der Waals surface area contributed by atoms with E-state index in [1.165, 1.54) is 7.11 Å². The van der Waals surface area contributed by atoms with E-state index < -0.39 is 0 Å². The predicted molar refractivity (Wildman–Crippen MR) is 70.7 cm³/mol. The number of esters is 1. The first-order valence-corrected chi connectivity index (χ1v) is 6.12. The summed E-state index contributed by atoms with van der Waals surface area (Å²) in [4.78, 5) is 11.0. The third-order valence-corrected chi connectivity index (χ3v) is 2.84. The third kappa shape index (κ3) is 4.37. The lowest BCUT2D eigenvalue weighted by Gasteiger charge is -2.17. The highest BCUT2D eigenvalue weighted by Gasteiger charge is 2.09. The van der Waals surface area contributed by atoms with Gasteiger partial charge < -0.3 is 14.8 Å². The summed E-state index contributed by atoms with van der Waals surface area (Å²) in [6.45, 7) is 2.85. The number of hydrogen-bond donors (Lipinski definition) is 1. The highest BCUT2D eigenvalue weighted by Crippen LogP contribution is 2.24. The van der Waals surface area contributed by atoms with Crippen molar-refractivity contribution in [3.05, 3.63) is 29.8 Å². The number of methoxy groups -OCH3 is 2. The van der Waals surface area contributed by atoms with Gasteiger partial charge in [0, 0.05) is 18.0 Å². The van der Waals surface area contributed by atoms with E-state index in [2.05, 4.69) is 17.0 Å². The minimum atomic E-state index is -0.165. The zero-order valence-electron chi connectivity index (χ0n) is 11.2. The molecule has 0 aliphatic heterocycles. The van der Waals surface area contributed by atoms with Crippen LogP contribution < -0.4 is 10.1 Å². The molecule has 0 radical (unpaired) electrons. The number of carbonyl (C=O) groups excluding carboxylic acids is 1. The van der Waals surface area contributed by atoms with Gasteiger partial charge >= 0.3 is 5.97 Å². The van der Waals surface area contributed by atoms with Gasteiger partial charge in [0.2, 0.25) is 0 Å². The zero-order chi connectivity index (χ0) is 13.4. The average molecular weight is 251 g/mol. The van der Waals surface area contributed by atoms with Crippen molar-refractivity contribution in [1.82, 2.24) is 5.32 Å². The monoisotopic (exact) mass is 251 g/mol. The number of rotatable bonds is 7. The largest absolute Gasteiger partial charge is 0.496 e. The van der Waals surface area contributed by atoms with Gasteiger partial charge in [-0.05, 0) is 26.0 Å². The smallest absolute Gasteiger partial charge is 0.305 e. The maximum absolute atomic E-state index is 11.0. The quantitative estimate of drug-likeness (QED) is 0.596. The van der Waals surface area contributed by atoms with Crippen molar-refractivity contribution in [2.75, 3.05) is 20.8 Å². The molecule has 0 fully saturated rings. The van der Waals surface area contributed by atoms with Gasteiger partial charge in [-0.25, -0.2) is 0 Å². The molecule has 0 saturated carbocycles. The first kappa shape index (κ1) is 14.5. The maximum atomic E-state index is 11.0. The van der Waals surface area contributed by atoms with Gasteiger partial charge in [0.25, 0.3) is 0 Å². The minimum Gasteiger partial charge on any atom is -0.496 e. The van der Waals surface area contributed by atoms with Crippen molar-refractivity contribution in [2.24, 2.45) is 0 Å². The van der Waals surface area contributed by atoms with Crippen molar-refractivity contribution >= 4 is 5.97 Å². The second-order valence-electron chi connectivity index (χ2n) is 4.10. The molecule has 0 bridgehead atoms. The van der Waals surface area contributed by atoms with Crippen LogP contribution in [0.5, 0.6) is 5.75 Å². The molecule has 18 heavy (non-hydrogen) atoms. The van der Waals surface area contributed by atoms with Crippen LogP contribution in [0.1, 0.15) is 31.4 Å². The molecule has 0 heterocycles. The Morgan fingerprint density at radius 3 is 2.72 bits per heavy atom. The Labute approximate surface area is 108 Å². The predicted octanol–water partition coefficient (Wildman–Crippen LogP) is 2.30. The van der Waals surface area contributed by atoms with Gasteiger partial charge in [-0.15, -0.1) is 0 Å². The van der Waals surface area contributed by atoms with E-state index >= 15 is 0 Å². The topological polar surface area (TPSA) is 47.6 Å². The molecule has 0 aromatic heterocycles. The lowest BCUT2D eigenvalue weighted by molar-refractivity contribution is -0.140. The fourth-order valence-corrected chi connectivity index (χ4v) is 1.79. The molecule has 1 aromatic carbocycles. The van der Waals surface area contributed by atoms with Crippen molar-refractivity contribution in [2.45, 2.75) is 25.8 Å². The van der Waals surface area contributed by atoms with Crippen molar-refractivity contribution in [3.63, 3.8) is 0 Å². The van der Waals surface area contributed by atoms with E-state index in [0.717, 1.165) is 24.3 Å². The summed E-state index contributed by atoms with van der Waals surface area (Å²) in [5, 5.41) is 3.37. The van der Waals surface area contributed by atoms with Gasteiger partial charge in [0.05, 0.1) is 14.2 Å². The van der Waals surface area contributed by atoms with Gasteiger partial charge in [-0.3, -0.25) is 4.79 Å². The molecule has 1 N–H and O–H groups in total. The van der Waals surface area contributed by atoms with E-state index in [1.54, 1.807) is 7.11 Å². The van der Waals surface area contributed by atoms with Gasteiger partial charge in [0.15, 0.2) is 0 Å². The van der Waals surface area contributed by atoms with E-state index in [0.29, 0.717) is 6.42 Å². The van der Waals surface area contributed by atoms with Crippen LogP contribution in [0.2, 0.25) is 0 Å². The summed E-state index contributed by atoms with van der Waals surface area (Å²) in [7, 11) is 3.08. The minimum absolute atomic E-state index is 0.165. The van der Waals surface area contributed by atoms with Gasteiger partial charge in [0.1, 0.15) is 5.75 Å². The van der Waals surface area contributed by atoms with Crippen LogP contribution in [0.3, 0.4) is 0 Å². The Morgan fingerprint density at radius 1 is 1.33 bits per heavy atom. The van der Waals surface area contributed by atoms with Crippen molar-refractivity contribution < 1.29 is 14.3 Å². The summed E-state index contributed by atoms with van der Waals surface area (Å²) < 4.78 is 9.91. The Balaban J connectivity index is 2.40. The summed E-state index contributed by atoms with van der Waals surface area (Å²) in [5.41, 5.74) is 1.12. The molecular formula is C14H21NO3. The molecule has 0 unspecified atom stereocenters. The Morgan fingerprint density at radius 2 is 2.06 bits per heavy atom. The maximum Gasteiger partial charge on any atom is 0.305 e. The van der Waals surface area contributed by atoms with Crippen LogP contribution in [-0.2, 0) is 9.53 Å². The Kier molecular flexibility index (Phi) is 6.22. The number of carbonyl (C=O) groups is 1. The number of benzene rings is 1. The molecule has 1 aromatic rings. The molecule has 4 heteroatoms. The molecular weight excluding hydrogens is 230 g/mol. The molecule has 0 amide bonds. The van der Waals surface area contributed by atoms with Gasteiger partial charge in [-0.1, -0.05) is 18.2 Å². The fraction of sp³-hybridized carbons (Fsp3) is 0.500. The molecule has 0 saturated heterocycles. The molecule has 0 aliphatic rings. The standard InChI is InChI=1S/C14H21NO3/c1-11(15-10-6-9-14(16)18-3)12-7-4-5-8-13(12)17-2/h4-5,7-8,11,15H,6,9-10H2,1-3H3/t11-/m0/s1. The molecule has 1 atom stereocenters. The second-order valence-corrected chi connectivity index (χ2v) is 4.10. The fourth-order valence-electron chi connectivity index (χ4n) is 1.79. The third-order valence-electron chi connectivity index (χ3n) is 2.84. The SMILES string of the molecule is COC(=O)CCCN[C@@H](C)c1ccccc1OC. The average Bonchev–Trinajstić information content (AvgIpc) is 2.42. The van der Waals surface area contributed by atoms with Crippen LogP contribution in [-0.4, -0.2) is 26.7 Å². The number of ether oxygens (including phenoxy) is 2. The van der Waals surface area contributed by atoms with Crippen LogP contribution >= 0.6 is 0 Å². The van der Waals surface area contributed by atoms with Crippen LogP contribution in [0.15, 0.2) is 24.3 Å². The summed E-state index contributed by atoms with van der Waals surface area (Å²) in [6.07, 6.45) is 1.22. The highest BCUT2D eigenvalue weighted by molar-refractivity contribution is 5.69. The lowest BCUT2D eigenvalue weighted by Crippen LogP contribution is -2.21. The molecule has 0 aliphatic carbocycles. The first-order valence-electron chi connectivity index (χ1n) is 6.12. The Bertz CT molecular complexity index is 379. The van der Waals surface area contributed by atoms with E-state index in [9.17, 15) is 4.79 Å². The van der Waals surface area contributed by atoms with E-state index in [-0.39, 0.29) is 12.0 Å². The van der Waals surface area contributed by atoms with Crippen molar-refractivity contribution in [1.29, 1.82) is 0 Å². The number of hydrogen-bond acceptors (Lipinski definition) is 4. The molecule has 1 rings (SSSR count). The summed E-state index contributed by atoms with van der Waals surface area (Å²) >= 11 is 0. The second kappa shape index (κ2) is 7.71. The normalized spacial score (nSPS) is 11.9. The van der Waals surface area contributed by atoms with E-state index in [1.807, 2.05) is 24.3 Å². The summed E-state index contributed by atoms with van der Waals surface area (Å²) in [5.74, 6) is 0.715. The van der Waals surface area contributed by atoms with Gasteiger partial charge in [-0.2, -0.15) is 0 Å². The lowest BCUT2D eigenvalue weighted by atomic mass is 10.1.